The number of hydrogen-bond acceptors (Lipinski definition) is 2. The van der Waals surface area contributed by atoms with Crippen LogP contribution in [0.4, 0.5) is 0 Å². The fraction of sp³-hybridized carbons (Fsp3) is 0.125. The molecule has 1 aromatic carbocycles. The summed E-state index contributed by atoms with van der Waals surface area (Å²) in [6.45, 7) is 0. The summed E-state index contributed by atoms with van der Waals surface area (Å²) in [5.41, 5.74) is 3.10. The third kappa shape index (κ3) is 2.05. The third-order valence-corrected chi connectivity index (χ3v) is 1.18. The minimum atomic E-state index is 0.216. The van der Waals surface area contributed by atoms with Gasteiger partial charge in [-0.05, 0) is 6.07 Å². The summed E-state index contributed by atoms with van der Waals surface area (Å²) in [4.78, 5) is 4.56. The molecule has 1 rings (SSSR count). The first kappa shape index (κ1) is 7.75. The van der Waals surface area contributed by atoms with Crippen LogP contribution in [-0.4, -0.2) is 12.9 Å². The molecule has 57 valence electrons. The van der Waals surface area contributed by atoms with Crippen LogP contribution < -0.4 is 5.48 Å². The molecule has 1 radical (unpaired) electrons. The molecule has 0 saturated heterocycles. The molecule has 0 aliphatic rings. The van der Waals surface area contributed by atoms with E-state index in [0.29, 0.717) is 5.56 Å². The minimum absolute atomic E-state index is 0.216. The molecule has 1 aromatic rings. The van der Waals surface area contributed by atoms with Crippen molar-refractivity contribution >= 4 is 5.84 Å². The molecule has 3 heteroatoms. The lowest BCUT2D eigenvalue weighted by Crippen LogP contribution is -2.21. The predicted octanol–water partition coefficient (Wildman–Crippen LogP) is 0.963. The van der Waals surface area contributed by atoms with E-state index in [1.807, 2.05) is 12.1 Å². The van der Waals surface area contributed by atoms with Gasteiger partial charge in [-0.1, -0.05) is 24.3 Å². The Balaban J connectivity index is 2.69. The van der Waals surface area contributed by atoms with Gasteiger partial charge in [0.2, 0.25) is 0 Å². The molecule has 2 N–H and O–H groups in total. The van der Waals surface area contributed by atoms with E-state index in [1.165, 1.54) is 7.11 Å². The Kier molecular flexibility index (Phi) is 2.63. The van der Waals surface area contributed by atoms with Crippen LogP contribution in [0.3, 0.4) is 0 Å². The van der Waals surface area contributed by atoms with E-state index in [0.717, 1.165) is 0 Å². The Morgan fingerprint density at radius 2 is 2.45 bits per heavy atom. The van der Waals surface area contributed by atoms with Crippen LogP contribution in [0, 0.1) is 11.5 Å². The van der Waals surface area contributed by atoms with Crippen molar-refractivity contribution in [3.8, 4) is 0 Å². The Morgan fingerprint density at radius 1 is 1.64 bits per heavy atom. The van der Waals surface area contributed by atoms with Crippen molar-refractivity contribution < 1.29 is 4.84 Å². The van der Waals surface area contributed by atoms with Gasteiger partial charge in [-0.25, -0.2) is 5.48 Å². The molecule has 0 atom stereocenters. The third-order valence-electron chi connectivity index (χ3n) is 1.18. The summed E-state index contributed by atoms with van der Waals surface area (Å²) in [6, 6.07) is 10.1. The van der Waals surface area contributed by atoms with Crippen molar-refractivity contribution in [3.05, 3.63) is 35.9 Å². The van der Waals surface area contributed by atoms with Crippen molar-refractivity contribution in [2.75, 3.05) is 7.11 Å². The Hall–Kier alpha value is -1.35. The lowest BCUT2D eigenvalue weighted by molar-refractivity contribution is 0.144. The number of benzene rings is 1. The van der Waals surface area contributed by atoms with Crippen LogP contribution in [0.2, 0.25) is 0 Å². The first-order chi connectivity index (χ1) is 5.34. The number of hydroxylamine groups is 1. The van der Waals surface area contributed by atoms with Crippen molar-refractivity contribution in [1.29, 1.82) is 5.41 Å². The zero-order valence-corrected chi connectivity index (χ0v) is 6.22. The highest BCUT2D eigenvalue weighted by molar-refractivity contribution is 5.95. The molecule has 11 heavy (non-hydrogen) atoms. The molecule has 3 nitrogen and oxygen atoms in total. The fourth-order valence-corrected chi connectivity index (χ4v) is 0.706. The zero-order valence-electron chi connectivity index (χ0n) is 6.22. The Morgan fingerprint density at radius 3 is 3.00 bits per heavy atom. The normalized spacial score (nSPS) is 9.18. The summed E-state index contributed by atoms with van der Waals surface area (Å²) in [5.74, 6) is 0.216. The molecule has 0 fully saturated rings. The quantitative estimate of drug-likeness (QED) is 0.374. The standard InChI is InChI=1S/C8H9N2O/c1-11-10-8(9)7-5-3-2-4-6-7/h2-5H,1H3,(H2,9,10). The molecule has 0 bridgehead atoms. The molecule has 0 saturated carbocycles. The first-order valence-corrected chi connectivity index (χ1v) is 3.19. The van der Waals surface area contributed by atoms with Gasteiger partial charge in [-0.15, -0.1) is 0 Å². The molecule has 0 unspecified atom stereocenters. The molecular formula is C8H9N2O. The molecular weight excluding hydrogens is 140 g/mol. The van der Waals surface area contributed by atoms with Crippen molar-refractivity contribution in [2.24, 2.45) is 0 Å². The fourth-order valence-electron chi connectivity index (χ4n) is 0.706. The smallest absolute Gasteiger partial charge is 0.150 e. The van der Waals surface area contributed by atoms with E-state index in [4.69, 9.17) is 5.41 Å². The van der Waals surface area contributed by atoms with Gasteiger partial charge in [0.1, 0.15) is 5.84 Å². The number of amidine groups is 1. The van der Waals surface area contributed by atoms with Crippen molar-refractivity contribution in [2.45, 2.75) is 0 Å². The van der Waals surface area contributed by atoms with E-state index in [1.54, 1.807) is 12.1 Å². The van der Waals surface area contributed by atoms with Crippen LogP contribution >= 0.6 is 0 Å². The lowest BCUT2D eigenvalue weighted by atomic mass is 10.2. The summed E-state index contributed by atoms with van der Waals surface area (Å²) >= 11 is 0. The van der Waals surface area contributed by atoms with Gasteiger partial charge < -0.3 is 0 Å². The highest BCUT2D eigenvalue weighted by atomic mass is 16.6. The van der Waals surface area contributed by atoms with E-state index >= 15 is 0 Å². The lowest BCUT2D eigenvalue weighted by Gasteiger charge is -2.02. The summed E-state index contributed by atoms with van der Waals surface area (Å²) in [7, 11) is 1.47. The maximum absolute atomic E-state index is 7.36. The van der Waals surface area contributed by atoms with Gasteiger partial charge in [0.15, 0.2) is 0 Å². The first-order valence-electron chi connectivity index (χ1n) is 3.19. The average molecular weight is 149 g/mol. The van der Waals surface area contributed by atoms with Crippen LogP contribution in [0.5, 0.6) is 0 Å². The molecule has 0 spiro atoms. The maximum Gasteiger partial charge on any atom is 0.150 e. The molecule has 0 amide bonds. The highest BCUT2D eigenvalue weighted by Gasteiger charge is 1.96. The van der Waals surface area contributed by atoms with Gasteiger partial charge in [-0.2, -0.15) is 0 Å². The topological polar surface area (TPSA) is 45.1 Å². The van der Waals surface area contributed by atoms with Gasteiger partial charge in [0.25, 0.3) is 0 Å². The van der Waals surface area contributed by atoms with E-state index in [9.17, 15) is 0 Å². The monoisotopic (exact) mass is 149 g/mol. The molecule has 0 aliphatic carbocycles. The molecule has 0 heterocycles. The van der Waals surface area contributed by atoms with Crippen LogP contribution in [0.25, 0.3) is 0 Å². The minimum Gasteiger partial charge on any atom is -0.283 e. The number of hydrogen-bond donors (Lipinski definition) is 2. The van der Waals surface area contributed by atoms with E-state index in [2.05, 4.69) is 16.4 Å². The summed E-state index contributed by atoms with van der Waals surface area (Å²) in [5, 5.41) is 7.36. The van der Waals surface area contributed by atoms with Crippen molar-refractivity contribution in [1.82, 2.24) is 5.48 Å². The highest BCUT2D eigenvalue weighted by Crippen LogP contribution is 1.95. The largest absolute Gasteiger partial charge is 0.283 e. The van der Waals surface area contributed by atoms with Crippen LogP contribution in [0.1, 0.15) is 5.56 Å². The second kappa shape index (κ2) is 3.73. The van der Waals surface area contributed by atoms with Gasteiger partial charge in [-0.3, -0.25) is 10.2 Å². The van der Waals surface area contributed by atoms with Gasteiger partial charge in [0.05, 0.1) is 7.11 Å². The zero-order chi connectivity index (χ0) is 8.10. The SMILES string of the molecule is CONC(=N)c1[c]cccc1. The van der Waals surface area contributed by atoms with Gasteiger partial charge in [0, 0.05) is 5.56 Å². The van der Waals surface area contributed by atoms with E-state index in [-0.39, 0.29) is 5.84 Å². The molecule has 0 aliphatic heterocycles. The second-order valence-electron chi connectivity index (χ2n) is 1.96. The summed E-state index contributed by atoms with van der Waals surface area (Å²) < 4.78 is 0. The van der Waals surface area contributed by atoms with Crippen LogP contribution in [0.15, 0.2) is 24.3 Å². The Bertz CT molecular complexity index is 233. The van der Waals surface area contributed by atoms with Gasteiger partial charge >= 0.3 is 0 Å². The van der Waals surface area contributed by atoms with Crippen molar-refractivity contribution in [3.63, 3.8) is 0 Å². The van der Waals surface area contributed by atoms with E-state index < -0.39 is 0 Å². The second-order valence-corrected chi connectivity index (χ2v) is 1.96. The van der Waals surface area contributed by atoms with Crippen LogP contribution in [-0.2, 0) is 4.84 Å². The maximum atomic E-state index is 7.36. The Labute approximate surface area is 65.5 Å². The summed E-state index contributed by atoms with van der Waals surface area (Å²) in [6.07, 6.45) is 0. The average Bonchev–Trinajstić information content (AvgIpc) is 2.07. The number of nitrogens with one attached hydrogen (secondary N) is 2. The predicted molar refractivity (Wildman–Crippen MR) is 42.3 cm³/mol. The number of rotatable bonds is 2. The molecule has 0 aromatic heterocycles.